The van der Waals surface area contributed by atoms with Gasteiger partial charge in [0.2, 0.25) is 0 Å². The molecule has 1 N–H and O–H groups in total. The first kappa shape index (κ1) is 17.7. The first-order valence-electron chi connectivity index (χ1n) is 8.94. The smallest absolute Gasteiger partial charge is 0.258 e. The number of anilines is 1. The lowest BCUT2D eigenvalue weighted by Crippen LogP contribution is -2.35. The van der Waals surface area contributed by atoms with Crippen LogP contribution in [-0.4, -0.2) is 44.3 Å². The second-order valence-corrected chi connectivity index (χ2v) is 9.22. The Morgan fingerprint density at radius 3 is 2.59 bits per heavy atom. The van der Waals surface area contributed by atoms with Gasteiger partial charge < -0.3 is 10.2 Å². The van der Waals surface area contributed by atoms with Crippen molar-refractivity contribution in [3.05, 3.63) is 65.2 Å². The zero-order valence-electron chi connectivity index (χ0n) is 14.7. The number of benzene rings is 2. The molecule has 0 aromatic heterocycles. The zero-order chi connectivity index (χ0) is 19.0. The third-order valence-electron chi connectivity index (χ3n) is 5.07. The predicted molar refractivity (Wildman–Crippen MR) is 103 cm³/mol. The van der Waals surface area contributed by atoms with Crippen molar-refractivity contribution in [2.75, 3.05) is 23.0 Å². The van der Waals surface area contributed by atoms with Crippen LogP contribution in [0.1, 0.15) is 32.7 Å². The first-order valence-corrected chi connectivity index (χ1v) is 10.8. The summed E-state index contributed by atoms with van der Waals surface area (Å²) in [6, 6.07) is 14.0. The van der Waals surface area contributed by atoms with Gasteiger partial charge in [-0.3, -0.25) is 9.59 Å². The molecule has 0 spiro atoms. The molecular weight excluding hydrogens is 364 g/mol. The summed E-state index contributed by atoms with van der Waals surface area (Å²) in [5, 5.41) is 2.76. The van der Waals surface area contributed by atoms with E-state index in [2.05, 4.69) is 5.32 Å². The van der Waals surface area contributed by atoms with Gasteiger partial charge >= 0.3 is 0 Å². The first-order chi connectivity index (χ1) is 12.9. The van der Waals surface area contributed by atoms with E-state index >= 15 is 0 Å². The molecule has 4 rings (SSSR count). The van der Waals surface area contributed by atoms with Crippen molar-refractivity contribution in [1.82, 2.24) is 5.32 Å². The summed E-state index contributed by atoms with van der Waals surface area (Å²) in [6.45, 7) is 0.620. The summed E-state index contributed by atoms with van der Waals surface area (Å²) in [5.41, 5.74) is 2.85. The average molecular weight is 384 g/mol. The van der Waals surface area contributed by atoms with Crippen molar-refractivity contribution in [2.24, 2.45) is 0 Å². The molecule has 27 heavy (non-hydrogen) atoms. The van der Waals surface area contributed by atoms with Crippen molar-refractivity contribution in [1.29, 1.82) is 0 Å². The Morgan fingerprint density at radius 1 is 1.04 bits per heavy atom. The Labute approximate surface area is 158 Å². The second kappa shape index (κ2) is 6.81. The lowest BCUT2D eigenvalue weighted by Gasteiger charge is -2.18. The van der Waals surface area contributed by atoms with Crippen LogP contribution in [0.3, 0.4) is 0 Å². The number of hydrogen-bond donors (Lipinski definition) is 1. The standard InChI is InChI=1S/C20H20N2O4S/c23-19(21-17-9-11-27(25,26)13-17)15-5-3-6-16(12-15)20(24)22-10-8-14-4-1-2-7-18(14)22/h1-7,12,17H,8-11,13H2,(H,21,23). The summed E-state index contributed by atoms with van der Waals surface area (Å²) in [5.74, 6) is -0.418. The minimum absolute atomic E-state index is 0.0259. The van der Waals surface area contributed by atoms with Crippen LogP contribution in [0, 0.1) is 0 Å². The Kier molecular flexibility index (Phi) is 4.47. The van der Waals surface area contributed by atoms with Gasteiger partial charge in [0.15, 0.2) is 9.84 Å². The molecule has 1 unspecified atom stereocenters. The molecule has 2 aromatic rings. The summed E-state index contributed by atoms with van der Waals surface area (Å²) < 4.78 is 23.1. The summed E-state index contributed by atoms with van der Waals surface area (Å²) in [7, 11) is -3.06. The molecule has 1 fully saturated rings. The summed E-state index contributed by atoms with van der Waals surface area (Å²) in [6.07, 6.45) is 1.25. The van der Waals surface area contributed by atoms with E-state index in [0.717, 1.165) is 17.7 Å². The molecule has 140 valence electrons. The molecule has 7 heteroatoms. The van der Waals surface area contributed by atoms with Crippen LogP contribution >= 0.6 is 0 Å². The Hall–Kier alpha value is -2.67. The van der Waals surface area contributed by atoms with E-state index in [4.69, 9.17) is 0 Å². The van der Waals surface area contributed by atoms with Gasteiger partial charge in [-0.1, -0.05) is 24.3 Å². The quantitative estimate of drug-likeness (QED) is 0.875. The molecule has 0 aliphatic carbocycles. The highest BCUT2D eigenvalue weighted by molar-refractivity contribution is 7.91. The molecule has 2 heterocycles. The molecule has 0 saturated carbocycles. The maximum atomic E-state index is 12.9. The van der Waals surface area contributed by atoms with Gasteiger partial charge in [0.1, 0.15) is 0 Å². The highest BCUT2D eigenvalue weighted by Gasteiger charge is 2.29. The van der Waals surface area contributed by atoms with Gasteiger partial charge in [-0.05, 0) is 42.7 Å². The monoisotopic (exact) mass is 384 g/mol. The van der Waals surface area contributed by atoms with Crippen molar-refractivity contribution in [3.8, 4) is 0 Å². The summed E-state index contributed by atoms with van der Waals surface area (Å²) in [4.78, 5) is 27.1. The van der Waals surface area contributed by atoms with Gasteiger partial charge in [-0.25, -0.2) is 8.42 Å². The van der Waals surface area contributed by atoms with Crippen molar-refractivity contribution in [3.63, 3.8) is 0 Å². The zero-order valence-corrected chi connectivity index (χ0v) is 15.5. The lowest BCUT2D eigenvalue weighted by molar-refractivity contribution is 0.0941. The minimum atomic E-state index is -3.06. The van der Waals surface area contributed by atoms with Gasteiger partial charge in [0, 0.05) is 29.4 Å². The van der Waals surface area contributed by atoms with Crippen LogP contribution in [0.25, 0.3) is 0 Å². The Balaban J connectivity index is 1.51. The van der Waals surface area contributed by atoms with E-state index < -0.39 is 9.84 Å². The van der Waals surface area contributed by atoms with E-state index in [-0.39, 0.29) is 29.4 Å². The normalized spacial score (nSPS) is 20.3. The average Bonchev–Trinajstić information content (AvgIpc) is 3.24. The molecular formula is C20H20N2O4S. The number of fused-ring (bicyclic) bond motifs is 1. The van der Waals surface area contributed by atoms with Crippen molar-refractivity contribution in [2.45, 2.75) is 18.9 Å². The number of nitrogens with zero attached hydrogens (tertiary/aromatic N) is 1. The third-order valence-corrected chi connectivity index (χ3v) is 6.84. The molecule has 2 amide bonds. The number of sulfone groups is 1. The number of carbonyl (C=O) groups excluding carboxylic acids is 2. The van der Waals surface area contributed by atoms with E-state index in [0.29, 0.717) is 24.1 Å². The third kappa shape index (κ3) is 3.60. The maximum Gasteiger partial charge on any atom is 0.258 e. The number of nitrogens with one attached hydrogen (secondary N) is 1. The van der Waals surface area contributed by atoms with E-state index in [1.807, 2.05) is 24.3 Å². The van der Waals surface area contributed by atoms with Gasteiger partial charge in [-0.15, -0.1) is 0 Å². The van der Waals surface area contributed by atoms with Gasteiger partial charge in [0.05, 0.1) is 11.5 Å². The number of carbonyl (C=O) groups is 2. The van der Waals surface area contributed by atoms with Crippen LogP contribution in [-0.2, 0) is 16.3 Å². The van der Waals surface area contributed by atoms with Crippen LogP contribution < -0.4 is 10.2 Å². The second-order valence-electron chi connectivity index (χ2n) is 6.99. The van der Waals surface area contributed by atoms with E-state index in [1.54, 1.807) is 29.2 Å². The molecule has 1 saturated heterocycles. The van der Waals surface area contributed by atoms with Gasteiger partial charge in [0.25, 0.3) is 11.8 Å². The number of rotatable bonds is 3. The largest absolute Gasteiger partial charge is 0.348 e. The van der Waals surface area contributed by atoms with Crippen LogP contribution in [0.2, 0.25) is 0 Å². The van der Waals surface area contributed by atoms with Crippen molar-refractivity contribution >= 4 is 27.3 Å². The maximum absolute atomic E-state index is 12.9. The highest BCUT2D eigenvalue weighted by atomic mass is 32.2. The van der Waals surface area contributed by atoms with Crippen LogP contribution in [0.15, 0.2) is 48.5 Å². The predicted octanol–water partition coefficient (Wildman–Crippen LogP) is 1.81. The number of hydrogen-bond acceptors (Lipinski definition) is 4. The Bertz CT molecular complexity index is 1020. The summed E-state index contributed by atoms with van der Waals surface area (Å²) >= 11 is 0. The van der Waals surface area contributed by atoms with Crippen molar-refractivity contribution < 1.29 is 18.0 Å². The fourth-order valence-corrected chi connectivity index (χ4v) is 5.35. The number of para-hydroxylation sites is 1. The lowest BCUT2D eigenvalue weighted by atomic mass is 10.1. The molecule has 0 radical (unpaired) electrons. The van der Waals surface area contributed by atoms with Crippen LogP contribution in [0.4, 0.5) is 5.69 Å². The van der Waals surface area contributed by atoms with Gasteiger partial charge in [-0.2, -0.15) is 0 Å². The van der Waals surface area contributed by atoms with Crippen LogP contribution in [0.5, 0.6) is 0 Å². The molecule has 2 aliphatic rings. The number of amides is 2. The molecule has 2 aromatic carbocycles. The molecule has 2 aliphatic heterocycles. The molecule has 0 bridgehead atoms. The molecule has 1 atom stereocenters. The fourth-order valence-electron chi connectivity index (χ4n) is 3.68. The topological polar surface area (TPSA) is 83.5 Å². The Morgan fingerprint density at radius 2 is 1.81 bits per heavy atom. The highest BCUT2D eigenvalue weighted by Crippen LogP contribution is 2.29. The minimum Gasteiger partial charge on any atom is -0.348 e. The van der Waals surface area contributed by atoms with E-state index in [9.17, 15) is 18.0 Å². The molecule has 6 nitrogen and oxygen atoms in total. The van der Waals surface area contributed by atoms with E-state index in [1.165, 1.54) is 0 Å². The SMILES string of the molecule is O=C(NC1CCS(=O)(=O)C1)c1cccc(C(=O)N2CCc3ccccc32)c1. The fraction of sp³-hybridized carbons (Fsp3) is 0.300.